The van der Waals surface area contributed by atoms with Crippen LogP contribution in [0.2, 0.25) is 0 Å². The highest BCUT2D eigenvalue weighted by Gasteiger charge is 2.39. The molecule has 0 aliphatic heterocycles. The zero-order valence-electron chi connectivity index (χ0n) is 9.09. The third-order valence-electron chi connectivity index (χ3n) is 2.01. The van der Waals surface area contributed by atoms with E-state index in [-0.39, 0.29) is 5.03 Å². The molecule has 1 aromatic rings. The summed E-state index contributed by atoms with van der Waals surface area (Å²) in [7, 11) is 0. The maximum Gasteiger partial charge on any atom is 0.417 e. The van der Waals surface area contributed by atoms with E-state index < -0.39 is 29.6 Å². The minimum absolute atomic E-state index is 0.00231. The summed E-state index contributed by atoms with van der Waals surface area (Å²) in [4.78, 5) is 3.40. The lowest BCUT2D eigenvalue weighted by molar-refractivity contribution is -0.152. The highest BCUT2D eigenvalue weighted by atomic mass is 32.2. The molecule has 0 aliphatic rings. The molecule has 1 atom stereocenters. The minimum atomic E-state index is -4.66. The van der Waals surface area contributed by atoms with Gasteiger partial charge < -0.3 is 0 Å². The predicted molar refractivity (Wildman–Crippen MR) is 55.1 cm³/mol. The summed E-state index contributed by atoms with van der Waals surface area (Å²) in [5.74, 6) is -2.79. The number of aromatic nitrogens is 1. The van der Waals surface area contributed by atoms with E-state index in [1.165, 1.54) is 0 Å². The van der Waals surface area contributed by atoms with Crippen LogP contribution in [0.5, 0.6) is 0 Å². The summed E-state index contributed by atoms with van der Waals surface area (Å²) >= 11 is 0.578. The molecule has 0 saturated carbocycles. The van der Waals surface area contributed by atoms with E-state index in [9.17, 15) is 26.3 Å². The number of nitriles is 1. The monoisotopic (exact) mass is 300 g/mol. The van der Waals surface area contributed by atoms with Gasteiger partial charge in [0, 0.05) is 11.9 Å². The molecular weight excluding hydrogens is 294 g/mol. The van der Waals surface area contributed by atoms with Crippen molar-refractivity contribution in [3.05, 3.63) is 23.9 Å². The lowest BCUT2D eigenvalue weighted by atomic mass is 10.2. The van der Waals surface area contributed by atoms with Crippen molar-refractivity contribution < 1.29 is 26.3 Å². The molecule has 9 heteroatoms. The normalized spacial score (nSPS) is 13.9. The van der Waals surface area contributed by atoms with Crippen LogP contribution >= 0.6 is 11.8 Å². The van der Waals surface area contributed by atoms with E-state index in [0.717, 1.165) is 18.2 Å². The Morgan fingerprint density at radius 1 is 1.21 bits per heavy atom. The first-order valence-corrected chi connectivity index (χ1v) is 5.75. The molecular formula is C10H6F6N2S. The van der Waals surface area contributed by atoms with E-state index in [1.807, 2.05) is 0 Å². The Labute approximate surface area is 108 Å². The number of pyridine rings is 1. The Bertz CT molecular complexity index is 459. The Morgan fingerprint density at radius 3 is 2.21 bits per heavy atom. The van der Waals surface area contributed by atoms with E-state index in [0.29, 0.717) is 18.0 Å². The third kappa shape index (κ3) is 4.63. The van der Waals surface area contributed by atoms with Crippen LogP contribution in [0.3, 0.4) is 0 Å². The molecule has 0 spiro atoms. The highest BCUT2D eigenvalue weighted by molar-refractivity contribution is 7.99. The van der Waals surface area contributed by atoms with Crippen molar-refractivity contribution in [2.45, 2.75) is 17.4 Å². The number of halogens is 6. The Hall–Kier alpha value is -1.43. The van der Waals surface area contributed by atoms with Crippen LogP contribution in [0.1, 0.15) is 5.56 Å². The number of thioether (sulfide) groups is 1. The van der Waals surface area contributed by atoms with Gasteiger partial charge in [0.05, 0.1) is 16.7 Å². The molecule has 0 fully saturated rings. The van der Waals surface area contributed by atoms with Gasteiger partial charge in [0.25, 0.3) is 0 Å². The molecule has 1 rings (SSSR count). The van der Waals surface area contributed by atoms with Gasteiger partial charge in [0.2, 0.25) is 0 Å². The van der Waals surface area contributed by atoms with Crippen LogP contribution in [0.4, 0.5) is 26.3 Å². The molecule has 1 heterocycles. The highest BCUT2D eigenvalue weighted by Crippen LogP contribution is 2.32. The van der Waals surface area contributed by atoms with Crippen molar-refractivity contribution in [2.24, 2.45) is 5.92 Å². The molecule has 0 bridgehead atoms. The standard InChI is InChI=1S/C10H6F6N2S/c11-9(12,13)6-1-2-8(18-4-6)19-5-7(3-17)10(14,15)16/h1-2,4,7H,5H2. The summed E-state index contributed by atoms with van der Waals surface area (Å²) in [5.41, 5.74) is -0.982. The molecule has 2 nitrogen and oxygen atoms in total. The number of nitrogens with zero attached hydrogens (tertiary/aromatic N) is 2. The van der Waals surface area contributed by atoms with E-state index in [1.54, 1.807) is 0 Å². The Morgan fingerprint density at radius 2 is 1.84 bits per heavy atom. The first kappa shape index (κ1) is 15.6. The molecule has 1 unspecified atom stereocenters. The smallest absolute Gasteiger partial charge is 0.249 e. The van der Waals surface area contributed by atoms with Crippen molar-refractivity contribution >= 4 is 11.8 Å². The summed E-state index contributed by atoms with van der Waals surface area (Å²) < 4.78 is 73.3. The van der Waals surface area contributed by atoms with Gasteiger partial charge in [-0.2, -0.15) is 31.6 Å². The van der Waals surface area contributed by atoms with Crippen LogP contribution in [0, 0.1) is 17.2 Å². The SMILES string of the molecule is N#CC(CSc1ccc(C(F)(F)F)cn1)C(F)(F)F. The average Bonchev–Trinajstić information content (AvgIpc) is 2.27. The van der Waals surface area contributed by atoms with Crippen LogP contribution in [0.15, 0.2) is 23.4 Å². The van der Waals surface area contributed by atoms with E-state index >= 15 is 0 Å². The van der Waals surface area contributed by atoms with Gasteiger partial charge in [0.15, 0.2) is 5.92 Å². The largest absolute Gasteiger partial charge is 0.417 e. The zero-order chi connectivity index (χ0) is 14.7. The van der Waals surface area contributed by atoms with E-state index in [4.69, 9.17) is 5.26 Å². The fourth-order valence-corrected chi connectivity index (χ4v) is 1.90. The molecule has 0 aliphatic carbocycles. The molecule has 19 heavy (non-hydrogen) atoms. The Kier molecular flexibility index (Phi) is 4.68. The van der Waals surface area contributed by atoms with Gasteiger partial charge in [-0.1, -0.05) is 0 Å². The predicted octanol–water partition coefficient (Wildman–Crippen LogP) is 3.89. The second-order valence-corrected chi connectivity index (χ2v) is 4.46. The van der Waals surface area contributed by atoms with Gasteiger partial charge >= 0.3 is 12.4 Å². The molecule has 0 N–H and O–H groups in total. The first-order valence-electron chi connectivity index (χ1n) is 4.77. The van der Waals surface area contributed by atoms with Crippen LogP contribution in [-0.2, 0) is 6.18 Å². The van der Waals surface area contributed by atoms with Crippen molar-refractivity contribution in [2.75, 3.05) is 5.75 Å². The van der Waals surface area contributed by atoms with Gasteiger partial charge in [0.1, 0.15) is 0 Å². The zero-order valence-corrected chi connectivity index (χ0v) is 9.90. The van der Waals surface area contributed by atoms with Gasteiger partial charge in [-0.05, 0) is 12.1 Å². The maximum absolute atomic E-state index is 12.2. The molecule has 104 valence electrons. The number of hydrogen-bond acceptors (Lipinski definition) is 3. The molecule has 0 saturated heterocycles. The van der Waals surface area contributed by atoms with Crippen molar-refractivity contribution in [3.8, 4) is 6.07 Å². The second-order valence-electron chi connectivity index (χ2n) is 3.42. The lowest BCUT2D eigenvalue weighted by Gasteiger charge is -2.12. The number of rotatable bonds is 3. The first-order chi connectivity index (χ1) is 8.64. The average molecular weight is 300 g/mol. The molecule has 0 aromatic carbocycles. The van der Waals surface area contributed by atoms with Gasteiger partial charge in [-0.15, -0.1) is 11.8 Å². The van der Waals surface area contributed by atoms with Gasteiger partial charge in [-0.25, -0.2) is 4.98 Å². The summed E-state index contributed by atoms with van der Waals surface area (Å²) in [6.07, 6.45) is -8.66. The summed E-state index contributed by atoms with van der Waals surface area (Å²) in [6.45, 7) is 0. The van der Waals surface area contributed by atoms with Crippen LogP contribution in [-0.4, -0.2) is 16.9 Å². The fraction of sp³-hybridized carbons (Fsp3) is 0.400. The second kappa shape index (κ2) is 5.69. The van der Waals surface area contributed by atoms with Crippen molar-refractivity contribution in [3.63, 3.8) is 0 Å². The van der Waals surface area contributed by atoms with E-state index in [2.05, 4.69) is 4.98 Å². The van der Waals surface area contributed by atoms with Gasteiger partial charge in [-0.3, -0.25) is 0 Å². The molecule has 1 aromatic heterocycles. The third-order valence-corrected chi connectivity index (χ3v) is 3.05. The van der Waals surface area contributed by atoms with Crippen LogP contribution in [0.25, 0.3) is 0 Å². The maximum atomic E-state index is 12.2. The summed E-state index contributed by atoms with van der Waals surface area (Å²) in [5, 5.41) is 8.34. The number of hydrogen-bond donors (Lipinski definition) is 0. The molecule has 0 radical (unpaired) electrons. The topological polar surface area (TPSA) is 36.7 Å². The van der Waals surface area contributed by atoms with Crippen molar-refractivity contribution in [1.29, 1.82) is 5.26 Å². The number of alkyl halides is 6. The van der Waals surface area contributed by atoms with Crippen LogP contribution < -0.4 is 0 Å². The summed E-state index contributed by atoms with van der Waals surface area (Å²) in [6, 6.07) is 2.79. The lowest BCUT2D eigenvalue weighted by Crippen LogP contribution is -2.23. The fourth-order valence-electron chi connectivity index (χ4n) is 1.01. The Balaban J connectivity index is 2.67. The quantitative estimate of drug-likeness (QED) is 0.627. The van der Waals surface area contributed by atoms with Crippen molar-refractivity contribution in [1.82, 2.24) is 4.98 Å². The minimum Gasteiger partial charge on any atom is -0.249 e. The molecule has 0 amide bonds.